The van der Waals surface area contributed by atoms with Gasteiger partial charge in [-0.1, -0.05) is 6.07 Å². The maximum absolute atomic E-state index is 14.7. The van der Waals surface area contributed by atoms with Crippen molar-refractivity contribution in [3.8, 4) is 5.69 Å². The molecule has 2 atom stereocenters. The molecule has 1 aliphatic rings. The van der Waals surface area contributed by atoms with Gasteiger partial charge in [0.1, 0.15) is 15.9 Å². The monoisotopic (exact) mass is 533 g/mol. The first-order chi connectivity index (χ1) is 17.0. The van der Waals surface area contributed by atoms with Gasteiger partial charge in [0.2, 0.25) is 5.91 Å². The fraction of sp³-hybridized carbons (Fsp3) is 0.280. The molecule has 4 aromatic heterocycles. The summed E-state index contributed by atoms with van der Waals surface area (Å²) >= 11 is 3.48. The fourth-order valence-electron chi connectivity index (χ4n) is 4.91. The molecule has 1 saturated carbocycles. The zero-order valence-corrected chi connectivity index (χ0v) is 20.5. The van der Waals surface area contributed by atoms with Gasteiger partial charge in [-0.2, -0.15) is 10.2 Å². The van der Waals surface area contributed by atoms with Crippen LogP contribution in [0.2, 0.25) is 0 Å². The largest absolute Gasteiger partial charge is 0.272 e. The Morgan fingerprint density at radius 2 is 2.09 bits per heavy atom. The van der Waals surface area contributed by atoms with Crippen molar-refractivity contribution in [2.75, 3.05) is 0 Å². The van der Waals surface area contributed by atoms with E-state index < -0.39 is 5.82 Å². The van der Waals surface area contributed by atoms with E-state index in [-0.39, 0.29) is 11.8 Å². The van der Waals surface area contributed by atoms with Crippen molar-refractivity contribution in [1.29, 1.82) is 0 Å². The Kier molecular flexibility index (Phi) is 5.40. The summed E-state index contributed by atoms with van der Waals surface area (Å²) in [4.78, 5) is 26.3. The molecule has 4 heterocycles. The summed E-state index contributed by atoms with van der Waals surface area (Å²) in [5.74, 6) is 0.578. The number of carbonyl (C=O) groups excluding carboxylic acids is 1. The minimum absolute atomic E-state index is 0.0445. The van der Waals surface area contributed by atoms with Gasteiger partial charge in [0, 0.05) is 42.4 Å². The number of hydrogen-bond acceptors (Lipinski definition) is 6. The van der Waals surface area contributed by atoms with Crippen molar-refractivity contribution < 1.29 is 9.18 Å². The molecular weight excluding hydrogens is 513 g/mol. The Bertz CT molecular complexity index is 1590. The lowest BCUT2D eigenvalue weighted by Gasteiger charge is -2.10. The van der Waals surface area contributed by atoms with E-state index in [1.807, 2.05) is 25.1 Å². The molecule has 8 nitrogen and oxygen atoms in total. The maximum Gasteiger partial charge on any atom is 0.249 e. The van der Waals surface area contributed by atoms with E-state index in [1.165, 1.54) is 10.7 Å². The van der Waals surface area contributed by atoms with Gasteiger partial charge in [-0.05, 0) is 66.2 Å². The van der Waals surface area contributed by atoms with Gasteiger partial charge < -0.3 is 0 Å². The van der Waals surface area contributed by atoms with Crippen molar-refractivity contribution in [3.05, 3.63) is 70.9 Å². The Morgan fingerprint density at radius 1 is 1.20 bits per heavy atom. The van der Waals surface area contributed by atoms with Crippen molar-refractivity contribution in [3.63, 3.8) is 0 Å². The number of hydrogen-bond donors (Lipinski definition) is 0. The van der Waals surface area contributed by atoms with E-state index >= 15 is 0 Å². The summed E-state index contributed by atoms with van der Waals surface area (Å²) in [7, 11) is 0. The molecule has 0 saturated heterocycles. The van der Waals surface area contributed by atoms with Crippen LogP contribution in [0, 0.1) is 24.6 Å². The van der Waals surface area contributed by atoms with Crippen LogP contribution in [0.5, 0.6) is 0 Å². The quantitative estimate of drug-likeness (QED) is 0.320. The van der Waals surface area contributed by atoms with Crippen LogP contribution in [-0.4, -0.2) is 40.4 Å². The molecule has 0 spiro atoms. The Labute approximate surface area is 208 Å². The lowest BCUT2D eigenvalue weighted by molar-refractivity contribution is 0.0816. The first kappa shape index (κ1) is 22.0. The highest BCUT2D eigenvalue weighted by Gasteiger charge is 2.32. The minimum atomic E-state index is -0.416. The van der Waals surface area contributed by atoms with E-state index in [1.54, 1.807) is 29.3 Å². The highest BCUT2D eigenvalue weighted by Crippen LogP contribution is 2.34. The van der Waals surface area contributed by atoms with E-state index in [0.29, 0.717) is 45.0 Å². The second kappa shape index (κ2) is 8.60. The third-order valence-electron chi connectivity index (χ3n) is 6.63. The van der Waals surface area contributed by atoms with Crippen LogP contribution >= 0.6 is 15.9 Å². The average molecular weight is 534 g/mol. The molecule has 5 aromatic rings. The van der Waals surface area contributed by atoms with E-state index in [2.05, 4.69) is 36.1 Å². The predicted octanol–water partition coefficient (Wildman–Crippen LogP) is 5.07. The maximum atomic E-state index is 14.7. The standard InChI is InChI=1S/C25H21BrFN7O/c1-14-6-8-33(31-14)25(35)17-5-4-15(9-17)10-21-29-13-19-23(26)32-34(24(19)30-21)18-11-16-3-2-7-28-22(16)20(27)12-18/h2-3,6-8,11-13,15,17H,4-5,9-10H2,1H3/t15-,17-/m1/s1. The van der Waals surface area contributed by atoms with Crippen LogP contribution in [0.4, 0.5) is 4.39 Å². The second-order valence-electron chi connectivity index (χ2n) is 9.05. The zero-order valence-electron chi connectivity index (χ0n) is 18.9. The summed E-state index contributed by atoms with van der Waals surface area (Å²) in [6, 6.07) is 8.69. The van der Waals surface area contributed by atoms with Gasteiger partial charge in [-0.25, -0.2) is 23.7 Å². The lowest BCUT2D eigenvalue weighted by atomic mass is 10.0. The van der Waals surface area contributed by atoms with Gasteiger partial charge >= 0.3 is 0 Å². The number of nitrogens with zero attached hydrogens (tertiary/aromatic N) is 7. The van der Waals surface area contributed by atoms with Crippen LogP contribution in [0.15, 0.2) is 53.5 Å². The van der Waals surface area contributed by atoms with Crippen LogP contribution in [0.1, 0.15) is 35.6 Å². The summed E-state index contributed by atoms with van der Waals surface area (Å²) in [5.41, 5.74) is 2.31. The number of fused-ring (bicyclic) bond motifs is 2. The van der Waals surface area contributed by atoms with Crippen molar-refractivity contribution in [2.45, 2.75) is 32.6 Å². The molecule has 1 aromatic carbocycles. The number of pyridine rings is 1. The van der Waals surface area contributed by atoms with Gasteiger partial charge in [0.15, 0.2) is 11.5 Å². The minimum Gasteiger partial charge on any atom is -0.272 e. The van der Waals surface area contributed by atoms with Crippen molar-refractivity contribution in [1.82, 2.24) is 34.5 Å². The SMILES string of the molecule is Cc1ccn(C(=O)[C@@H]2CC[C@@H](Cc3ncc4c(Br)nn(-c5cc(F)c6ncccc6c5)c4n3)C2)n1. The smallest absolute Gasteiger partial charge is 0.249 e. The molecular formula is C25H21BrFN7O. The van der Waals surface area contributed by atoms with E-state index in [0.717, 1.165) is 30.3 Å². The number of aryl methyl sites for hydroxylation is 1. The molecule has 10 heteroatoms. The molecule has 0 bridgehead atoms. The molecule has 0 aliphatic heterocycles. The summed E-state index contributed by atoms with van der Waals surface area (Å²) in [6.45, 7) is 1.88. The Morgan fingerprint density at radius 3 is 2.91 bits per heavy atom. The highest BCUT2D eigenvalue weighted by molar-refractivity contribution is 9.10. The van der Waals surface area contributed by atoms with Crippen molar-refractivity contribution in [2.24, 2.45) is 11.8 Å². The molecule has 0 radical (unpaired) electrons. The Hall–Kier alpha value is -3.53. The molecule has 1 aliphatic carbocycles. The number of aromatic nitrogens is 7. The highest BCUT2D eigenvalue weighted by atomic mass is 79.9. The normalized spacial score (nSPS) is 18.0. The van der Waals surface area contributed by atoms with Gasteiger partial charge in [-0.3, -0.25) is 9.78 Å². The third kappa shape index (κ3) is 4.01. The Balaban J connectivity index is 1.28. The summed E-state index contributed by atoms with van der Waals surface area (Å²) in [5, 5.41) is 10.2. The predicted molar refractivity (Wildman–Crippen MR) is 132 cm³/mol. The molecule has 6 rings (SSSR count). The molecule has 0 unspecified atom stereocenters. The average Bonchev–Trinajstić information content (AvgIpc) is 3.58. The van der Waals surface area contributed by atoms with E-state index in [4.69, 9.17) is 4.98 Å². The van der Waals surface area contributed by atoms with E-state index in [9.17, 15) is 9.18 Å². The van der Waals surface area contributed by atoms with Gasteiger partial charge in [-0.15, -0.1) is 0 Å². The van der Waals surface area contributed by atoms with Crippen LogP contribution in [0.25, 0.3) is 27.6 Å². The van der Waals surface area contributed by atoms with Gasteiger partial charge in [0.05, 0.1) is 16.8 Å². The summed E-state index contributed by atoms with van der Waals surface area (Å²) < 4.78 is 18.4. The zero-order chi connectivity index (χ0) is 24.1. The molecule has 1 fully saturated rings. The third-order valence-corrected chi connectivity index (χ3v) is 7.21. The number of rotatable bonds is 4. The van der Waals surface area contributed by atoms with Crippen molar-refractivity contribution >= 4 is 43.8 Å². The topological polar surface area (TPSA) is 91.4 Å². The number of halogens is 2. The molecule has 35 heavy (non-hydrogen) atoms. The first-order valence-electron chi connectivity index (χ1n) is 11.5. The van der Waals surface area contributed by atoms with Crippen LogP contribution < -0.4 is 0 Å². The summed E-state index contributed by atoms with van der Waals surface area (Å²) in [6.07, 6.45) is 8.26. The fourth-order valence-corrected chi connectivity index (χ4v) is 5.34. The molecule has 0 amide bonds. The second-order valence-corrected chi connectivity index (χ2v) is 9.80. The molecule has 0 N–H and O–H groups in total. The number of carbonyl (C=O) groups is 1. The first-order valence-corrected chi connectivity index (χ1v) is 12.3. The van der Waals surface area contributed by atoms with Crippen LogP contribution in [0.3, 0.4) is 0 Å². The lowest BCUT2D eigenvalue weighted by Crippen LogP contribution is -2.20. The molecule has 176 valence electrons. The van der Waals surface area contributed by atoms with Gasteiger partial charge in [0.25, 0.3) is 0 Å². The number of benzene rings is 1. The van der Waals surface area contributed by atoms with Crippen LogP contribution in [-0.2, 0) is 6.42 Å².